The lowest BCUT2D eigenvalue weighted by Crippen LogP contribution is -2.18. The monoisotopic (exact) mass is 363 g/mol. The first kappa shape index (κ1) is 15.5. The molecule has 0 aliphatic carbocycles. The van der Waals surface area contributed by atoms with Crippen molar-refractivity contribution in [3.63, 3.8) is 0 Å². The molecule has 20 heavy (non-hydrogen) atoms. The molecular weight excluding hydrogens is 351 g/mol. The minimum absolute atomic E-state index is 0.150. The predicted octanol–water partition coefficient (Wildman–Crippen LogP) is 5.16. The molecule has 1 heterocycles. The first-order valence-corrected chi connectivity index (χ1v) is 7.70. The van der Waals surface area contributed by atoms with Crippen LogP contribution in [-0.4, -0.2) is 0 Å². The number of halogens is 4. The number of hydrogen-bond acceptors (Lipinski definition) is 2. The Labute approximate surface area is 127 Å². The van der Waals surface area contributed by atoms with Crippen LogP contribution in [0.15, 0.2) is 40.2 Å². The van der Waals surface area contributed by atoms with Crippen LogP contribution in [0.1, 0.15) is 28.5 Å². The smallest absolute Gasteiger partial charge is 0.324 e. The van der Waals surface area contributed by atoms with Gasteiger partial charge in [-0.05, 0) is 42.0 Å². The van der Waals surface area contributed by atoms with Gasteiger partial charge in [0.1, 0.15) is 0 Å². The zero-order chi connectivity index (χ0) is 14.8. The molecule has 0 saturated carbocycles. The van der Waals surface area contributed by atoms with Gasteiger partial charge in [-0.25, -0.2) is 0 Å². The Hall–Kier alpha value is -0.850. The Kier molecular flexibility index (Phi) is 4.88. The number of alkyl halides is 3. The van der Waals surface area contributed by atoms with E-state index in [1.807, 2.05) is 17.5 Å². The lowest BCUT2D eigenvalue weighted by atomic mass is 9.97. The number of aryl methyl sites for hydroxylation is 1. The topological polar surface area (TPSA) is 26.0 Å². The summed E-state index contributed by atoms with van der Waals surface area (Å²) in [6.07, 6.45) is -3.21. The van der Waals surface area contributed by atoms with E-state index in [9.17, 15) is 13.2 Å². The fraction of sp³-hybridized carbons (Fsp3) is 0.286. The molecule has 1 unspecified atom stereocenters. The molecule has 1 aromatic carbocycles. The molecular formula is C14H13BrF3NS. The molecule has 1 atom stereocenters. The average Bonchev–Trinajstić information content (AvgIpc) is 2.88. The minimum Gasteiger partial charge on any atom is -0.324 e. The number of rotatable bonds is 4. The molecule has 6 heteroatoms. The highest BCUT2D eigenvalue weighted by Crippen LogP contribution is 2.36. The second kappa shape index (κ2) is 6.28. The van der Waals surface area contributed by atoms with Crippen molar-refractivity contribution in [1.29, 1.82) is 0 Å². The molecule has 2 N–H and O–H groups in total. The molecule has 108 valence electrons. The number of hydrogen-bond donors (Lipinski definition) is 1. The highest BCUT2D eigenvalue weighted by Gasteiger charge is 2.34. The van der Waals surface area contributed by atoms with Gasteiger partial charge in [0.2, 0.25) is 0 Å². The van der Waals surface area contributed by atoms with Gasteiger partial charge in [0.25, 0.3) is 0 Å². The molecule has 0 bridgehead atoms. The molecule has 0 fully saturated rings. The largest absolute Gasteiger partial charge is 0.416 e. The van der Waals surface area contributed by atoms with Gasteiger partial charge in [0, 0.05) is 15.4 Å². The summed E-state index contributed by atoms with van der Waals surface area (Å²) in [7, 11) is 0. The molecule has 1 aromatic heterocycles. The van der Waals surface area contributed by atoms with Crippen LogP contribution >= 0.6 is 27.3 Å². The van der Waals surface area contributed by atoms with E-state index >= 15 is 0 Å². The van der Waals surface area contributed by atoms with Crippen molar-refractivity contribution in [2.24, 2.45) is 5.73 Å². The summed E-state index contributed by atoms with van der Waals surface area (Å²) < 4.78 is 39.5. The fourth-order valence-electron chi connectivity index (χ4n) is 2.01. The highest BCUT2D eigenvalue weighted by atomic mass is 79.9. The summed E-state index contributed by atoms with van der Waals surface area (Å²) in [5.41, 5.74) is 5.44. The van der Waals surface area contributed by atoms with Crippen LogP contribution in [0.5, 0.6) is 0 Å². The normalized spacial score (nSPS) is 13.4. The van der Waals surface area contributed by atoms with Crippen LogP contribution in [0, 0.1) is 0 Å². The maximum absolute atomic E-state index is 13.0. The first-order chi connectivity index (χ1) is 9.38. The van der Waals surface area contributed by atoms with E-state index in [-0.39, 0.29) is 5.56 Å². The lowest BCUT2D eigenvalue weighted by Gasteiger charge is -2.18. The van der Waals surface area contributed by atoms with Crippen LogP contribution in [0.4, 0.5) is 13.2 Å². The zero-order valence-corrected chi connectivity index (χ0v) is 12.9. The molecule has 0 radical (unpaired) electrons. The summed E-state index contributed by atoms with van der Waals surface area (Å²) in [6.45, 7) is 0. The summed E-state index contributed by atoms with van der Waals surface area (Å²) in [6, 6.07) is 7.39. The van der Waals surface area contributed by atoms with Gasteiger partial charge in [-0.1, -0.05) is 28.1 Å². The number of nitrogens with two attached hydrogens (primary N) is 1. The van der Waals surface area contributed by atoms with Crippen molar-refractivity contribution in [2.45, 2.75) is 25.1 Å². The Balaban J connectivity index is 2.18. The van der Waals surface area contributed by atoms with E-state index in [0.717, 1.165) is 10.9 Å². The quantitative estimate of drug-likeness (QED) is 0.797. The SMILES string of the molecule is NC(CCc1cccs1)c1ccc(Br)cc1C(F)(F)F. The molecule has 2 rings (SSSR count). The van der Waals surface area contributed by atoms with E-state index in [1.165, 1.54) is 6.07 Å². The van der Waals surface area contributed by atoms with Crippen molar-refractivity contribution < 1.29 is 13.2 Å². The second-order valence-electron chi connectivity index (χ2n) is 4.45. The van der Waals surface area contributed by atoms with E-state index < -0.39 is 17.8 Å². The third-order valence-electron chi connectivity index (χ3n) is 3.00. The maximum Gasteiger partial charge on any atom is 0.416 e. The zero-order valence-electron chi connectivity index (χ0n) is 10.5. The fourth-order valence-corrected chi connectivity index (χ4v) is 3.09. The van der Waals surface area contributed by atoms with E-state index in [1.54, 1.807) is 17.4 Å². The average molecular weight is 364 g/mol. The standard InChI is InChI=1S/C14H13BrF3NS/c15-9-3-5-11(12(8-9)14(16,17)18)13(19)6-4-10-2-1-7-20-10/h1-3,5,7-8,13H,4,6,19H2. The van der Waals surface area contributed by atoms with Gasteiger partial charge in [-0.2, -0.15) is 13.2 Å². The molecule has 2 aromatic rings. The highest BCUT2D eigenvalue weighted by molar-refractivity contribution is 9.10. The second-order valence-corrected chi connectivity index (χ2v) is 6.40. The third-order valence-corrected chi connectivity index (χ3v) is 4.43. The van der Waals surface area contributed by atoms with Gasteiger partial charge < -0.3 is 5.73 Å². The van der Waals surface area contributed by atoms with E-state index in [2.05, 4.69) is 15.9 Å². The van der Waals surface area contributed by atoms with Crippen LogP contribution < -0.4 is 5.73 Å². The van der Waals surface area contributed by atoms with Crippen molar-refractivity contribution in [1.82, 2.24) is 0 Å². The van der Waals surface area contributed by atoms with E-state index in [0.29, 0.717) is 17.3 Å². The van der Waals surface area contributed by atoms with Crippen LogP contribution in [-0.2, 0) is 12.6 Å². The summed E-state index contributed by atoms with van der Waals surface area (Å²) >= 11 is 4.66. The molecule has 1 nitrogen and oxygen atoms in total. The van der Waals surface area contributed by atoms with Gasteiger partial charge in [0.05, 0.1) is 5.56 Å². The Morgan fingerprint density at radius 1 is 1.25 bits per heavy atom. The van der Waals surface area contributed by atoms with Crippen LogP contribution in [0.25, 0.3) is 0 Å². The minimum atomic E-state index is -4.39. The van der Waals surface area contributed by atoms with Crippen molar-refractivity contribution in [2.75, 3.05) is 0 Å². The van der Waals surface area contributed by atoms with Gasteiger partial charge in [-0.3, -0.25) is 0 Å². The molecule has 0 amide bonds. The maximum atomic E-state index is 13.0. The van der Waals surface area contributed by atoms with Gasteiger partial charge in [0.15, 0.2) is 0 Å². The van der Waals surface area contributed by atoms with Crippen molar-refractivity contribution in [3.8, 4) is 0 Å². The van der Waals surface area contributed by atoms with Crippen LogP contribution in [0.3, 0.4) is 0 Å². The Bertz CT molecular complexity index is 566. The number of thiophene rings is 1. The molecule has 0 saturated heterocycles. The summed E-state index contributed by atoms with van der Waals surface area (Å²) in [4.78, 5) is 1.13. The van der Waals surface area contributed by atoms with Gasteiger partial charge in [-0.15, -0.1) is 11.3 Å². The summed E-state index contributed by atoms with van der Waals surface area (Å²) in [5, 5.41) is 1.95. The van der Waals surface area contributed by atoms with E-state index in [4.69, 9.17) is 5.73 Å². The predicted molar refractivity (Wildman–Crippen MR) is 78.7 cm³/mol. The van der Waals surface area contributed by atoms with Crippen molar-refractivity contribution in [3.05, 3.63) is 56.2 Å². The lowest BCUT2D eigenvalue weighted by molar-refractivity contribution is -0.138. The van der Waals surface area contributed by atoms with Gasteiger partial charge >= 0.3 is 6.18 Å². The Morgan fingerprint density at radius 2 is 2.00 bits per heavy atom. The Morgan fingerprint density at radius 3 is 2.60 bits per heavy atom. The van der Waals surface area contributed by atoms with Crippen molar-refractivity contribution >= 4 is 27.3 Å². The number of benzene rings is 1. The van der Waals surface area contributed by atoms with Crippen LogP contribution in [0.2, 0.25) is 0 Å². The molecule has 0 spiro atoms. The third kappa shape index (κ3) is 3.84. The first-order valence-electron chi connectivity index (χ1n) is 6.02. The molecule has 0 aliphatic rings. The molecule has 0 aliphatic heterocycles. The summed E-state index contributed by atoms with van der Waals surface area (Å²) in [5.74, 6) is 0.